The van der Waals surface area contributed by atoms with Gasteiger partial charge in [-0.3, -0.25) is 27.3 Å². The summed E-state index contributed by atoms with van der Waals surface area (Å²) < 4.78 is 220. The first-order valence-electron chi connectivity index (χ1n) is 27.9. The van der Waals surface area contributed by atoms with Crippen molar-refractivity contribution in [1.82, 2.24) is 29.9 Å². The largest absolute Gasteiger partial charge is 0.505 e. The molecule has 0 radical (unpaired) electrons. The van der Waals surface area contributed by atoms with E-state index >= 15 is 0 Å². The number of nitrogens with two attached hydrogens (primary N) is 2. The molecule has 0 saturated heterocycles. The minimum Gasteiger partial charge on any atom is -0.505 e. The fraction of sp³-hybridized carbons (Fsp3) is 0. The number of fused-ring (bicyclic) bond motifs is 4. The molecular weight excluding hydrogens is 1500 g/mol. The summed E-state index contributed by atoms with van der Waals surface area (Å²) >= 11 is 12.5. The van der Waals surface area contributed by atoms with Gasteiger partial charge in [-0.25, -0.2) is 0 Å². The average molecular weight is 1540 g/mol. The number of benzene rings is 10. The Balaban J connectivity index is 0.830. The van der Waals surface area contributed by atoms with Crippen LogP contribution in [0.15, 0.2) is 195 Å². The van der Waals surface area contributed by atoms with Gasteiger partial charge in [0.05, 0.1) is 0 Å². The minimum atomic E-state index is -5.39. The lowest BCUT2D eigenvalue weighted by Gasteiger charge is -2.16. The lowest BCUT2D eigenvalue weighted by Crippen LogP contribution is -2.08. The van der Waals surface area contributed by atoms with Gasteiger partial charge in [0.15, 0.2) is 11.5 Å². The van der Waals surface area contributed by atoms with Gasteiger partial charge in [0, 0.05) is 77.6 Å². The summed E-state index contributed by atoms with van der Waals surface area (Å²) in [5.41, 5.74) is 8.50. The molecule has 0 fully saturated rings. The highest BCUT2D eigenvalue weighted by molar-refractivity contribution is 7.87. The van der Waals surface area contributed by atoms with Crippen LogP contribution in [0.2, 0.25) is 10.6 Å². The number of aromatic nitrogens is 6. The molecule has 12 aromatic rings. The van der Waals surface area contributed by atoms with Gasteiger partial charge < -0.3 is 42.9 Å². The quantitative estimate of drug-likeness (QED) is 0.0203. The van der Waals surface area contributed by atoms with Crippen LogP contribution in [-0.2, 0) is 60.7 Å². The minimum absolute atomic E-state index is 0.166. The van der Waals surface area contributed by atoms with Crippen LogP contribution in [0.1, 0.15) is 0 Å². The van der Waals surface area contributed by atoms with E-state index in [2.05, 4.69) is 71.6 Å². The van der Waals surface area contributed by atoms with Crippen LogP contribution in [0.3, 0.4) is 0 Å². The molecule has 0 atom stereocenters. The van der Waals surface area contributed by atoms with Crippen LogP contribution in [0.25, 0.3) is 54.2 Å². The number of phenolic OH excluding ortho intramolecular Hbond substituents is 2. The van der Waals surface area contributed by atoms with Crippen LogP contribution in [0.4, 0.5) is 80.7 Å². The molecule has 522 valence electrons. The number of nitrogens with zero attached hydrogens (tertiary/aromatic N) is 10. The number of phenols is 2. The lowest BCUT2D eigenvalue weighted by molar-refractivity contribution is 0.480. The van der Waals surface area contributed by atoms with Gasteiger partial charge in [-0.15, -0.1) is 20.5 Å². The SMILES string of the molecule is Nc1ccc2c(O)c(N=Nc3ccc4c(S(=O)(=O)O)cc(Nc5nc(Cl)nc(Nc6ccc(-c7ccc(Nc8nc(Cl)nc(Nc9cc(S(=O)(=O)O)c%10ccc(N=Nc%11ccc%12cc(N)ccc%12c%11O)c(S(=O)(=O)O)c%10c9)n8)cc7S(=O)(=O)O)c(S(=O)(=O)O)c6)n5)cc4c3S(=O)(=O)O)ccc2c1. The predicted octanol–water partition coefficient (Wildman–Crippen LogP) is 11.5. The molecule has 0 aliphatic rings. The van der Waals surface area contributed by atoms with E-state index in [1.807, 2.05) is 0 Å². The summed E-state index contributed by atoms with van der Waals surface area (Å²) in [4.78, 5) is 18.1. The van der Waals surface area contributed by atoms with Gasteiger partial charge in [0.2, 0.25) is 34.4 Å². The number of azo groups is 2. The third-order valence-corrected chi connectivity index (χ3v) is 20.5. The maximum atomic E-state index is 13.2. The second-order valence-electron chi connectivity index (χ2n) is 21.5. The molecule has 10 aromatic carbocycles. The van der Waals surface area contributed by atoms with Crippen molar-refractivity contribution in [2.45, 2.75) is 29.4 Å². The molecule has 0 saturated carbocycles. The number of hydrogen-bond donors (Lipinski definition) is 14. The van der Waals surface area contributed by atoms with Crippen molar-refractivity contribution in [1.29, 1.82) is 0 Å². The van der Waals surface area contributed by atoms with Crippen LogP contribution in [0.5, 0.6) is 11.5 Å². The first-order chi connectivity index (χ1) is 47.7. The fourth-order valence-corrected chi connectivity index (χ4v) is 15.4. The summed E-state index contributed by atoms with van der Waals surface area (Å²) in [6.45, 7) is 0. The fourth-order valence-electron chi connectivity index (χ4n) is 10.5. The Hall–Kier alpha value is -11.1. The molecule has 36 nitrogen and oxygen atoms in total. The van der Waals surface area contributed by atoms with Crippen molar-refractivity contribution in [3.63, 3.8) is 0 Å². The van der Waals surface area contributed by atoms with Crippen LogP contribution < -0.4 is 32.7 Å². The number of hydrogen-bond acceptors (Lipinski definition) is 30. The monoisotopic (exact) mass is 1540 g/mol. The number of nitrogens with one attached hydrogen (secondary N) is 4. The average Bonchev–Trinajstić information content (AvgIpc) is 0.754. The summed E-state index contributed by atoms with van der Waals surface area (Å²) in [7, 11) is -32.0. The van der Waals surface area contributed by atoms with Crippen molar-refractivity contribution in [2.75, 3.05) is 32.7 Å². The van der Waals surface area contributed by atoms with E-state index in [1.54, 1.807) is 12.1 Å². The van der Waals surface area contributed by atoms with E-state index < -0.39 is 180 Å². The Bertz CT molecular complexity index is 6060. The maximum absolute atomic E-state index is 13.2. The topological polar surface area (TPSA) is 594 Å². The van der Waals surface area contributed by atoms with Gasteiger partial charge in [-0.05, 0) is 143 Å². The molecule has 0 aliphatic heterocycles. The van der Waals surface area contributed by atoms with Crippen molar-refractivity contribution >= 4 is 208 Å². The maximum Gasteiger partial charge on any atom is 0.297 e. The summed E-state index contributed by atoms with van der Waals surface area (Å²) in [6, 6.07) is 28.2. The molecule has 0 bridgehead atoms. The Kier molecular flexibility index (Phi) is 18.1. The van der Waals surface area contributed by atoms with E-state index in [0.717, 1.165) is 84.9 Å². The summed E-state index contributed by atoms with van der Waals surface area (Å²) in [5.74, 6) is -2.93. The zero-order chi connectivity index (χ0) is 73.5. The van der Waals surface area contributed by atoms with Gasteiger partial charge in [-0.2, -0.15) is 80.4 Å². The second-order valence-corrected chi connectivity index (χ2v) is 30.4. The van der Waals surface area contributed by atoms with E-state index in [9.17, 15) is 88.0 Å². The standard InChI is InChI=1S/C58H40Cl2N16O20S6/c59-53-67-55(71-57(69-53)65-31-19-39-37(47(23-31)99(85,86)87)11-15-43(51(39)101(91,92)93)75-73-41-13-1-25-17-27(61)3-7-33(25)49(41)77)63-29-5-9-35(45(21-29)97(79,80)81)36-10-6-30(22-46(36)98(82,83)84)64-56-68-54(60)70-58(72-56)66-32-20-40-38(48(24-32)100(88,89)90)12-16-44(52(40)102(94,95)96)76-74-42-14-2-26-18-28(62)4-8-34(26)50(42)78/h1-24,77-78H,61-62H2,(H,79,80,81)(H,82,83,84)(H,85,86,87)(H,88,89,90)(H,91,92,93)(H,94,95,96)(H2,63,65,67,69,71)(H2,64,66,68,70,72). The highest BCUT2D eigenvalue weighted by Crippen LogP contribution is 2.45. The Morgan fingerprint density at radius 1 is 0.314 bits per heavy atom. The zero-order valence-corrected chi connectivity index (χ0v) is 56.6. The molecule has 12 rings (SSSR count). The molecule has 16 N–H and O–H groups in total. The van der Waals surface area contributed by atoms with E-state index in [0.29, 0.717) is 32.9 Å². The zero-order valence-electron chi connectivity index (χ0n) is 50.2. The van der Waals surface area contributed by atoms with Gasteiger partial charge in [0.25, 0.3) is 60.7 Å². The van der Waals surface area contributed by atoms with Gasteiger partial charge in [0.1, 0.15) is 52.1 Å². The lowest BCUT2D eigenvalue weighted by atomic mass is 10.0. The molecule has 2 aromatic heterocycles. The molecule has 102 heavy (non-hydrogen) atoms. The van der Waals surface area contributed by atoms with E-state index in [-0.39, 0.29) is 34.2 Å². The van der Waals surface area contributed by atoms with Crippen molar-refractivity contribution in [3.05, 3.63) is 156 Å². The smallest absolute Gasteiger partial charge is 0.297 e. The molecule has 0 amide bonds. The third-order valence-electron chi connectivity index (χ3n) is 14.7. The summed E-state index contributed by atoms with van der Waals surface area (Å²) in [5, 5.41) is 46.4. The van der Waals surface area contributed by atoms with E-state index in [4.69, 9.17) is 34.7 Å². The molecule has 0 spiro atoms. The second kappa shape index (κ2) is 26.1. The van der Waals surface area contributed by atoms with Crippen molar-refractivity contribution in [2.24, 2.45) is 20.5 Å². The molecule has 2 heterocycles. The Morgan fingerprint density at radius 2 is 0.618 bits per heavy atom. The van der Waals surface area contributed by atoms with E-state index in [1.165, 1.54) is 48.5 Å². The van der Waals surface area contributed by atoms with Crippen LogP contribution in [0, 0.1) is 0 Å². The van der Waals surface area contributed by atoms with Crippen molar-refractivity contribution < 1.29 is 88.0 Å². The number of aromatic hydroxyl groups is 2. The predicted molar refractivity (Wildman–Crippen MR) is 370 cm³/mol. The van der Waals surface area contributed by atoms with Gasteiger partial charge in [-0.1, -0.05) is 36.4 Å². The first-order valence-corrected chi connectivity index (χ1v) is 37.3. The normalized spacial score (nSPS) is 12.7. The number of anilines is 10. The van der Waals surface area contributed by atoms with Crippen molar-refractivity contribution in [3.8, 4) is 22.6 Å². The Labute approximate surface area is 583 Å². The highest BCUT2D eigenvalue weighted by Gasteiger charge is 2.30. The third kappa shape index (κ3) is 14.9. The molecule has 0 unspecified atom stereocenters. The van der Waals surface area contributed by atoms with Crippen LogP contribution >= 0.6 is 23.2 Å². The number of halogens is 2. The van der Waals surface area contributed by atoms with Crippen LogP contribution in [-0.4, -0.2) is 118 Å². The Morgan fingerprint density at radius 3 is 0.951 bits per heavy atom. The highest BCUT2D eigenvalue weighted by atomic mass is 35.5. The molecular formula is C58H40Cl2N16O20S6. The summed E-state index contributed by atoms with van der Waals surface area (Å²) in [6.07, 6.45) is 0. The number of rotatable bonds is 19. The van der Waals surface area contributed by atoms with Gasteiger partial charge >= 0.3 is 0 Å². The molecule has 44 heteroatoms. The number of nitrogen functional groups attached to an aromatic ring is 2. The molecule has 0 aliphatic carbocycles. The first kappa shape index (κ1) is 70.8.